The molecule has 20 heavy (non-hydrogen) atoms. The van der Waals surface area contributed by atoms with Crippen LogP contribution in [0.2, 0.25) is 0 Å². The molecule has 3 rings (SSSR count). The minimum absolute atomic E-state index is 0.533. The Morgan fingerprint density at radius 3 is 2.85 bits per heavy atom. The maximum Gasteiger partial charge on any atom is 0.119 e. The first-order valence-electron chi connectivity index (χ1n) is 6.86. The third-order valence-corrected chi connectivity index (χ3v) is 4.72. The summed E-state index contributed by atoms with van der Waals surface area (Å²) < 4.78 is 6.47. The van der Waals surface area contributed by atoms with E-state index in [1.54, 1.807) is 7.11 Å². The number of para-hydroxylation sites is 1. The summed E-state index contributed by atoms with van der Waals surface area (Å²) in [6, 6.07) is 15.4. The van der Waals surface area contributed by atoms with Crippen molar-refractivity contribution in [3.8, 4) is 5.75 Å². The van der Waals surface area contributed by atoms with E-state index in [0.717, 1.165) is 23.2 Å². The van der Waals surface area contributed by atoms with Gasteiger partial charge in [-0.25, -0.2) is 0 Å². The molecular weight excluding hydrogens is 314 g/mol. The molecular formula is C17H18BrNO. The van der Waals surface area contributed by atoms with Gasteiger partial charge >= 0.3 is 0 Å². The van der Waals surface area contributed by atoms with Gasteiger partial charge in [0, 0.05) is 22.7 Å². The quantitative estimate of drug-likeness (QED) is 0.826. The van der Waals surface area contributed by atoms with Crippen LogP contribution in [0.25, 0.3) is 0 Å². The normalized spacial score (nSPS) is 17.1. The number of ether oxygens (including phenoxy) is 1. The summed E-state index contributed by atoms with van der Waals surface area (Å²) in [7, 11) is 1.71. The highest BCUT2D eigenvalue weighted by molar-refractivity contribution is 9.10. The van der Waals surface area contributed by atoms with Gasteiger partial charge in [-0.2, -0.15) is 0 Å². The molecule has 2 aromatic rings. The molecule has 1 aliphatic heterocycles. The molecule has 0 radical (unpaired) electrons. The number of hydrogen-bond acceptors (Lipinski definition) is 2. The van der Waals surface area contributed by atoms with Gasteiger partial charge in [-0.05, 0) is 48.7 Å². The molecule has 0 amide bonds. The Hall–Kier alpha value is -1.48. The third kappa shape index (κ3) is 2.42. The fraction of sp³-hybridized carbons (Fsp3) is 0.294. The molecule has 0 aliphatic carbocycles. The van der Waals surface area contributed by atoms with E-state index in [4.69, 9.17) is 4.74 Å². The Balaban J connectivity index is 1.92. The first kappa shape index (κ1) is 13.5. The van der Waals surface area contributed by atoms with E-state index >= 15 is 0 Å². The first-order valence-corrected chi connectivity index (χ1v) is 7.65. The molecule has 0 saturated heterocycles. The lowest BCUT2D eigenvalue weighted by Crippen LogP contribution is -2.28. The first-order chi connectivity index (χ1) is 9.69. The van der Waals surface area contributed by atoms with Crippen molar-refractivity contribution in [1.29, 1.82) is 0 Å². The van der Waals surface area contributed by atoms with E-state index in [1.165, 1.54) is 16.8 Å². The monoisotopic (exact) mass is 331 g/mol. The molecule has 1 unspecified atom stereocenters. The molecule has 0 aromatic heterocycles. The van der Waals surface area contributed by atoms with Crippen LogP contribution < -0.4 is 9.64 Å². The zero-order valence-corrected chi connectivity index (χ0v) is 13.4. The molecule has 0 saturated carbocycles. The zero-order chi connectivity index (χ0) is 14.1. The molecule has 1 aliphatic rings. The highest BCUT2D eigenvalue weighted by Gasteiger charge is 2.25. The number of nitrogens with zero attached hydrogens (tertiary/aromatic N) is 1. The fourth-order valence-electron chi connectivity index (χ4n) is 2.85. The van der Waals surface area contributed by atoms with Crippen molar-refractivity contribution >= 4 is 21.6 Å². The van der Waals surface area contributed by atoms with Crippen molar-refractivity contribution < 1.29 is 4.74 Å². The smallest absolute Gasteiger partial charge is 0.119 e. The number of anilines is 1. The number of fused-ring (bicyclic) bond motifs is 1. The Labute approximate surface area is 128 Å². The maximum absolute atomic E-state index is 5.33. The summed E-state index contributed by atoms with van der Waals surface area (Å²) >= 11 is 3.64. The predicted molar refractivity (Wildman–Crippen MR) is 86.5 cm³/mol. The van der Waals surface area contributed by atoms with Crippen molar-refractivity contribution in [1.82, 2.24) is 0 Å². The fourth-order valence-corrected chi connectivity index (χ4v) is 3.23. The van der Waals surface area contributed by atoms with Crippen molar-refractivity contribution in [2.45, 2.75) is 25.9 Å². The van der Waals surface area contributed by atoms with Crippen molar-refractivity contribution in [3.63, 3.8) is 0 Å². The second kappa shape index (κ2) is 5.49. The number of benzene rings is 2. The van der Waals surface area contributed by atoms with E-state index in [-0.39, 0.29) is 0 Å². The topological polar surface area (TPSA) is 12.5 Å². The highest BCUT2D eigenvalue weighted by atomic mass is 79.9. The molecule has 1 heterocycles. The van der Waals surface area contributed by atoms with E-state index in [1.807, 2.05) is 6.07 Å². The average Bonchev–Trinajstić information content (AvgIpc) is 2.77. The van der Waals surface area contributed by atoms with Gasteiger partial charge < -0.3 is 9.64 Å². The lowest BCUT2D eigenvalue weighted by atomic mass is 10.1. The molecule has 2 nitrogen and oxygen atoms in total. The van der Waals surface area contributed by atoms with Crippen molar-refractivity contribution in [2.75, 3.05) is 12.0 Å². The van der Waals surface area contributed by atoms with Gasteiger partial charge in [0.1, 0.15) is 5.75 Å². The zero-order valence-electron chi connectivity index (χ0n) is 11.8. The highest BCUT2D eigenvalue weighted by Crippen LogP contribution is 2.34. The average molecular weight is 332 g/mol. The van der Waals surface area contributed by atoms with E-state index < -0.39 is 0 Å². The summed E-state index contributed by atoms with van der Waals surface area (Å²) in [5.74, 6) is 0.906. The van der Waals surface area contributed by atoms with Crippen LogP contribution >= 0.6 is 15.9 Å². The van der Waals surface area contributed by atoms with Gasteiger partial charge in [-0.3, -0.25) is 0 Å². The molecule has 0 fully saturated rings. The van der Waals surface area contributed by atoms with E-state index in [9.17, 15) is 0 Å². The van der Waals surface area contributed by atoms with E-state index in [0.29, 0.717) is 6.04 Å². The number of halogens is 1. The van der Waals surface area contributed by atoms with Gasteiger partial charge in [0.2, 0.25) is 0 Å². The Morgan fingerprint density at radius 2 is 2.05 bits per heavy atom. The van der Waals surface area contributed by atoms with Gasteiger partial charge in [-0.1, -0.05) is 34.1 Å². The van der Waals surface area contributed by atoms with Crippen LogP contribution in [0.3, 0.4) is 0 Å². The number of methoxy groups -OCH3 is 1. The summed E-state index contributed by atoms with van der Waals surface area (Å²) in [6.07, 6.45) is 1.12. The molecule has 0 spiro atoms. The minimum atomic E-state index is 0.533. The van der Waals surface area contributed by atoms with E-state index in [2.05, 4.69) is 64.2 Å². The van der Waals surface area contributed by atoms with Crippen LogP contribution in [0, 0.1) is 0 Å². The lowest BCUT2D eigenvalue weighted by molar-refractivity contribution is 0.414. The number of hydrogen-bond donors (Lipinski definition) is 0. The molecule has 1 atom stereocenters. The minimum Gasteiger partial charge on any atom is -0.497 e. The SMILES string of the molecule is COc1ccc(Br)c(CN2c3ccccc3CC2C)c1. The van der Waals surface area contributed by atoms with Gasteiger partial charge in [0.25, 0.3) is 0 Å². The summed E-state index contributed by atoms with van der Waals surface area (Å²) in [5.41, 5.74) is 4.06. The van der Waals surface area contributed by atoms with Gasteiger partial charge in [-0.15, -0.1) is 0 Å². The van der Waals surface area contributed by atoms with Crippen molar-refractivity contribution in [3.05, 3.63) is 58.1 Å². The second-order valence-corrected chi connectivity index (χ2v) is 6.12. The molecule has 0 N–H and O–H groups in total. The van der Waals surface area contributed by atoms with Crippen LogP contribution in [-0.4, -0.2) is 13.2 Å². The summed E-state index contributed by atoms with van der Waals surface area (Å²) in [5, 5.41) is 0. The molecule has 0 bridgehead atoms. The van der Waals surface area contributed by atoms with Crippen LogP contribution in [0.5, 0.6) is 5.75 Å². The van der Waals surface area contributed by atoms with Crippen LogP contribution in [0.4, 0.5) is 5.69 Å². The third-order valence-electron chi connectivity index (χ3n) is 3.94. The predicted octanol–water partition coefficient (Wildman–Crippen LogP) is 4.41. The largest absolute Gasteiger partial charge is 0.497 e. The van der Waals surface area contributed by atoms with Crippen LogP contribution in [0.15, 0.2) is 46.9 Å². The van der Waals surface area contributed by atoms with Crippen molar-refractivity contribution in [2.24, 2.45) is 0 Å². The molecule has 2 aromatic carbocycles. The van der Waals surface area contributed by atoms with Crippen LogP contribution in [0.1, 0.15) is 18.1 Å². The maximum atomic E-state index is 5.33. The Bertz CT molecular complexity index is 626. The lowest BCUT2D eigenvalue weighted by Gasteiger charge is -2.25. The number of rotatable bonds is 3. The van der Waals surface area contributed by atoms with Gasteiger partial charge in [0.05, 0.1) is 7.11 Å². The standard InChI is InChI=1S/C17H18BrNO/c1-12-9-13-5-3-4-6-17(13)19(12)11-14-10-15(20-2)7-8-16(14)18/h3-8,10,12H,9,11H2,1-2H3. The van der Waals surface area contributed by atoms with Gasteiger partial charge in [0.15, 0.2) is 0 Å². The Kier molecular flexibility index (Phi) is 3.70. The molecule has 3 heteroatoms. The summed E-state index contributed by atoms with van der Waals surface area (Å²) in [6.45, 7) is 3.18. The molecule has 104 valence electrons. The second-order valence-electron chi connectivity index (χ2n) is 5.27. The Morgan fingerprint density at radius 1 is 1.25 bits per heavy atom. The van der Waals surface area contributed by atoms with Crippen LogP contribution in [-0.2, 0) is 13.0 Å². The summed E-state index contributed by atoms with van der Waals surface area (Å²) in [4.78, 5) is 2.47.